The summed E-state index contributed by atoms with van der Waals surface area (Å²) in [6.07, 6.45) is -0.761. The number of rotatable bonds is 8. The summed E-state index contributed by atoms with van der Waals surface area (Å²) in [5.41, 5.74) is 3.16. The van der Waals surface area contributed by atoms with Crippen molar-refractivity contribution in [2.75, 3.05) is 30.0 Å². The van der Waals surface area contributed by atoms with Crippen molar-refractivity contribution in [1.29, 1.82) is 0 Å². The number of aliphatic hydroxyl groups is 1. The van der Waals surface area contributed by atoms with Crippen LogP contribution in [0.1, 0.15) is 18.1 Å². The molecule has 3 aromatic rings. The van der Waals surface area contributed by atoms with Crippen LogP contribution in [0.15, 0.2) is 42.5 Å². The van der Waals surface area contributed by atoms with Gasteiger partial charge in [-0.15, -0.1) is 0 Å². The van der Waals surface area contributed by atoms with E-state index in [0.717, 1.165) is 22.6 Å². The van der Waals surface area contributed by atoms with E-state index in [0.29, 0.717) is 21.8 Å². The number of aliphatic hydroxyl groups excluding tert-OH is 1. The molecule has 2 aromatic carbocycles. The molecule has 0 fully saturated rings. The summed E-state index contributed by atoms with van der Waals surface area (Å²) >= 11 is 10.5. The number of aromatic amines is 2. The predicted octanol–water partition coefficient (Wildman–Crippen LogP) is -0.962. The Labute approximate surface area is 216 Å². The van der Waals surface area contributed by atoms with E-state index in [1.165, 1.54) is 0 Å². The number of ether oxygens (including phenoxy) is 1. The number of fused-ring (bicyclic) bond motifs is 1. The molecule has 162 valence electrons. The number of carbonyl (C=O) groups is 1. The van der Waals surface area contributed by atoms with Gasteiger partial charge in [-0.1, -0.05) is 12.1 Å². The number of hydrogen-bond acceptors (Lipinski definition) is 8. The Kier molecular flexibility index (Phi) is 8.15. The first-order chi connectivity index (χ1) is 14.9. The molecule has 0 saturated heterocycles. The summed E-state index contributed by atoms with van der Waals surface area (Å²) < 4.78 is 8.47. The third kappa shape index (κ3) is 5.42. The van der Waals surface area contributed by atoms with E-state index in [9.17, 15) is 15.0 Å². The zero-order chi connectivity index (χ0) is 22.0. The molecule has 1 aliphatic rings. The number of carboxylic acid groups (broad SMARTS) is 1. The van der Waals surface area contributed by atoms with Gasteiger partial charge in [0.05, 0.1) is 11.8 Å². The first-order valence-electron chi connectivity index (χ1n) is 9.56. The minimum atomic E-state index is -1.12. The second-order valence-corrected chi connectivity index (χ2v) is 7.79. The number of β-amino-alcohol motifs (C(OH)–C–C–N with tert-alkyl or cyclic N) is 1. The van der Waals surface area contributed by atoms with Crippen molar-refractivity contribution in [2.45, 2.75) is 12.5 Å². The van der Waals surface area contributed by atoms with Crippen molar-refractivity contribution in [3.05, 3.63) is 57.6 Å². The number of carboxylic acids is 1. The standard InChI is InChI=1S/C20H21N5O4S2.Na/c26-17-10-24(7-6-18(27)28)16-9-14(4-5-15(16)17)29-11-21-12-2-1-3-13(8-12)25-19(30)22-23-20(25)31;/h1-5,8-9,17,21,26H,6-7,10-11H2,(H,22,30)(H,23,31)(H,27,28);/q;+1/p-1. The largest absolute Gasteiger partial charge is 1.00 e. The Morgan fingerprint density at radius 1 is 1.22 bits per heavy atom. The Hall–Kier alpha value is -2.15. The van der Waals surface area contributed by atoms with Gasteiger partial charge in [-0.25, -0.2) is 0 Å². The van der Waals surface area contributed by atoms with Crippen molar-refractivity contribution < 1.29 is 49.3 Å². The predicted molar refractivity (Wildman–Crippen MR) is 118 cm³/mol. The van der Waals surface area contributed by atoms with Gasteiger partial charge in [0.25, 0.3) is 0 Å². The molecule has 4 rings (SSSR count). The van der Waals surface area contributed by atoms with Gasteiger partial charge >= 0.3 is 29.6 Å². The molecule has 1 atom stereocenters. The molecule has 1 aliphatic heterocycles. The Morgan fingerprint density at radius 3 is 2.69 bits per heavy atom. The van der Waals surface area contributed by atoms with Crippen molar-refractivity contribution >= 4 is 41.8 Å². The van der Waals surface area contributed by atoms with E-state index in [-0.39, 0.29) is 49.3 Å². The summed E-state index contributed by atoms with van der Waals surface area (Å²) in [6.45, 7) is 0.821. The number of carbonyl (C=O) groups excluding carboxylic acids is 1. The molecule has 2 heterocycles. The van der Waals surface area contributed by atoms with Crippen molar-refractivity contribution in [1.82, 2.24) is 14.8 Å². The average molecular weight is 482 g/mol. The van der Waals surface area contributed by atoms with Crippen LogP contribution < -0.4 is 49.6 Å². The number of H-pyrrole nitrogens is 2. The average Bonchev–Trinajstić information content (AvgIpc) is 3.25. The Bertz CT molecular complexity index is 1200. The fourth-order valence-electron chi connectivity index (χ4n) is 3.52. The fourth-order valence-corrected chi connectivity index (χ4v) is 4.07. The smallest absolute Gasteiger partial charge is 0.550 e. The third-order valence-corrected chi connectivity index (χ3v) is 5.55. The van der Waals surface area contributed by atoms with Crippen LogP contribution in [0.2, 0.25) is 0 Å². The van der Waals surface area contributed by atoms with Gasteiger partial charge in [0.1, 0.15) is 5.75 Å². The SMILES string of the molecule is O=C([O-])CCN1CC(O)c2ccc(OCNc3cccc(-n4c(=S)[nH][nH]c4=S)c3)cc21.[Na+]. The molecule has 4 N–H and O–H groups in total. The number of nitrogens with zero attached hydrogens (tertiary/aromatic N) is 2. The Morgan fingerprint density at radius 2 is 1.97 bits per heavy atom. The second-order valence-electron chi connectivity index (χ2n) is 7.02. The molecule has 0 bridgehead atoms. The molecule has 12 heteroatoms. The molecule has 0 aliphatic carbocycles. The Balaban J connectivity index is 0.00000289. The molecule has 0 amide bonds. The van der Waals surface area contributed by atoms with Crippen LogP contribution in [0, 0.1) is 9.54 Å². The minimum Gasteiger partial charge on any atom is -0.550 e. The van der Waals surface area contributed by atoms with Crippen LogP contribution in [-0.4, -0.2) is 45.7 Å². The van der Waals surface area contributed by atoms with E-state index in [4.69, 9.17) is 29.2 Å². The minimum absolute atomic E-state index is 0. The molecular formula is C20H20N5NaO4S2. The van der Waals surface area contributed by atoms with Gasteiger partial charge in [0.2, 0.25) is 0 Å². The summed E-state index contributed by atoms with van der Waals surface area (Å²) in [5, 5.41) is 29.8. The topological polar surface area (TPSA) is 121 Å². The molecule has 0 spiro atoms. The first-order valence-corrected chi connectivity index (χ1v) is 10.4. The van der Waals surface area contributed by atoms with Gasteiger partial charge in [-0.2, -0.15) is 0 Å². The van der Waals surface area contributed by atoms with E-state index in [2.05, 4.69) is 15.5 Å². The summed E-state index contributed by atoms with van der Waals surface area (Å²) in [5.74, 6) is -0.519. The number of anilines is 2. The van der Waals surface area contributed by atoms with Crippen molar-refractivity contribution in [3.8, 4) is 11.4 Å². The van der Waals surface area contributed by atoms with Gasteiger partial charge < -0.3 is 30.0 Å². The van der Waals surface area contributed by atoms with Gasteiger partial charge in [0, 0.05) is 48.5 Å². The van der Waals surface area contributed by atoms with E-state index >= 15 is 0 Å². The quantitative estimate of drug-likeness (QED) is 0.184. The number of aromatic nitrogens is 3. The molecule has 9 nitrogen and oxygen atoms in total. The first kappa shape index (κ1) is 24.5. The maximum Gasteiger partial charge on any atom is 1.00 e. The van der Waals surface area contributed by atoms with Crippen LogP contribution in [-0.2, 0) is 4.79 Å². The van der Waals surface area contributed by atoms with Crippen LogP contribution >= 0.6 is 24.4 Å². The van der Waals surface area contributed by atoms with E-state index < -0.39 is 12.1 Å². The zero-order valence-electron chi connectivity index (χ0n) is 17.3. The number of hydrogen-bond donors (Lipinski definition) is 4. The maximum atomic E-state index is 10.8. The van der Waals surface area contributed by atoms with Crippen molar-refractivity contribution in [3.63, 3.8) is 0 Å². The summed E-state index contributed by atoms with van der Waals surface area (Å²) in [6, 6.07) is 13.0. The normalized spacial score (nSPS) is 14.5. The molecule has 0 radical (unpaired) electrons. The zero-order valence-corrected chi connectivity index (χ0v) is 21.0. The van der Waals surface area contributed by atoms with Crippen LogP contribution in [0.5, 0.6) is 5.75 Å². The van der Waals surface area contributed by atoms with E-state index in [1.54, 1.807) is 22.8 Å². The number of benzene rings is 2. The van der Waals surface area contributed by atoms with Gasteiger partial charge in [-0.05, 0) is 48.7 Å². The van der Waals surface area contributed by atoms with Crippen LogP contribution in [0.4, 0.5) is 11.4 Å². The van der Waals surface area contributed by atoms with E-state index in [1.807, 2.05) is 29.2 Å². The summed E-state index contributed by atoms with van der Waals surface area (Å²) in [4.78, 5) is 12.6. The summed E-state index contributed by atoms with van der Waals surface area (Å²) in [7, 11) is 0. The van der Waals surface area contributed by atoms with Crippen LogP contribution in [0.3, 0.4) is 0 Å². The third-order valence-electron chi connectivity index (χ3n) is 4.98. The number of aliphatic carboxylic acids is 1. The second kappa shape index (κ2) is 10.6. The maximum absolute atomic E-state index is 10.8. The van der Waals surface area contributed by atoms with Gasteiger partial charge in [0.15, 0.2) is 16.3 Å². The molecular weight excluding hydrogens is 461 g/mol. The van der Waals surface area contributed by atoms with Crippen molar-refractivity contribution in [2.24, 2.45) is 0 Å². The fraction of sp³-hybridized carbons (Fsp3) is 0.250. The number of nitrogens with one attached hydrogen (secondary N) is 3. The molecule has 0 saturated carbocycles. The molecule has 1 aromatic heterocycles. The van der Waals surface area contributed by atoms with Gasteiger partial charge in [-0.3, -0.25) is 14.8 Å². The van der Waals surface area contributed by atoms with Crippen LogP contribution in [0.25, 0.3) is 5.69 Å². The molecule has 32 heavy (non-hydrogen) atoms. The monoisotopic (exact) mass is 481 g/mol. The molecule has 1 unspecified atom stereocenters.